The van der Waals surface area contributed by atoms with Crippen molar-refractivity contribution in [2.24, 2.45) is 11.7 Å². The molecular formula is C19H25ClN2O2S. The first kappa shape index (κ1) is 21.4. The lowest BCUT2D eigenvalue weighted by Crippen LogP contribution is -2.36. The van der Waals surface area contributed by atoms with Gasteiger partial charge in [-0.3, -0.25) is 9.00 Å². The van der Waals surface area contributed by atoms with Crippen molar-refractivity contribution in [3.05, 3.63) is 65.7 Å². The van der Waals surface area contributed by atoms with E-state index < -0.39 is 10.8 Å². The first-order valence-electron chi connectivity index (χ1n) is 7.88. The number of nitrogens with two attached hydrogens (primary N) is 1. The molecule has 136 valence electrons. The van der Waals surface area contributed by atoms with Gasteiger partial charge in [0.25, 0.3) is 0 Å². The van der Waals surface area contributed by atoms with Gasteiger partial charge in [0.05, 0.1) is 5.92 Å². The second-order valence-corrected chi connectivity index (χ2v) is 7.40. The Hall–Kier alpha value is -1.69. The molecule has 0 spiro atoms. The Balaban J connectivity index is 0.00000312. The minimum Gasteiger partial charge on any atom is -0.341 e. The Morgan fingerprint density at radius 3 is 2.20 bits per heavy atom. The zero-order valence-corrected chi connectivity index (χ0v) is 16.3. The molecule has 0 fully saturated rings. The van der Waals surface area contributed by atoms with Crippen LogP contribution in [-0.2, 0) is 22.1 Å². The summed E-state index contributed by atoms with van der Waals surface area (Å²) < 4.78 is 11.4. The van der Waals surface area contributed by atoms with E-state index in [9.17, 15) is 9.00 Å². The van der Waals surface area contributed by atoms with Crippen molar-refractivity contribution in [3.8, 4) is 0 Å². The molecule has 4 nitrogen and oxygen atoms in total. The summed E-state index contributed by atoms with van der Waals surface area (Å²) in [6.45, 7) is 2.36. The van der Waals surface area contributed by atoms with Gasteiger partial charge in [0, 0.05) is 41.6 Å². The first-order valence-corrected chi connectivity index (χ1v) is 9.44. The minimum atomic E-state index is -0.990. The van der Waals surface area contributed by atoms with Gasteiger partial charge in [-0.25, -0.2) is 0 Å². The van der Waals surface area contributed by atoms with Crippen LogP contribution in [0.4, 0.5) is 0 Å². The lowest BCUT2D eigenvalue weighted by Gasteiger charge is -2.25. The molecule has 6 heteroatoms. The van der Waals surface area contributed by atoms with Gasteiger partial charge in [-0.15, -0.1) is 12.4 Å². The lowest BCUT2D eigenvalue weighted by atomic mass is 9.94. The van der Waals surface area contributed by atoms with Gasteiger partial charge in [0.1, 0.15) is 0 Å². The molecule has 0 aliphatic rings. The predicted molar refractivity (Wildman–Crippen MR) is 105 cm³/mol. The van der Waals surface area contributed by atoms with Crippen LogP contribution >= 0.6 is 12.4 Å². The van der Waals surface area contributed by atoms with Crippen molar-refractivity contribution in [3.63, 3.8) is 0 Å². The Kier molecular flexibility index (Phi) is 8.29. The van der Waals surface area contributed by atoms with E-state index in [1.165, 1.54) is 0 Å². The maximum Gasteiger partial charge on any atom is 0.227 e. The topological polar surface area (TPSA) is 63.4 Å². The highest BCUT2D eigenvalue weighted by atomic mass is 35.5. The van der Waals surface area contributed by atoms with Gasteiger partial charge >= 0.3 is 0 Å². The minimum absolute atomic E-state index is 0. The fraction of sp³-hybridized carbons (Fsp3) is 0.316. The summed E-state index contributed by atoms with van der Waals surface area (Å²) in [5.41, 5.74) is 8.20. The summed E-state index contributed by atoms with van der Waals surface area (Å²) in [5, 5.41) is 0. The second kappa shape index (κ2) is 9.70. The molecule has 25 heavy (non-hydrogen) atoms. The van der Waals surface area contributed by atoms with Crippen LogP contribution in [0.3, 0.4) is 0 Å². The SMILES string of the molecule is CC(C(=O)N(C)Cc1ccc(S(C)=O)cc1)C(N)c1ccccc1.Cl. The molecule has 2 aromatic rings. The van der Waals surface area contributed by atoms with E-state index >= 15 is 0 Å². The number of carbonyl (C=O) groups excluding carboxylic acids is 1. The zero-order chi connectivity index (χ0) is 17.7. The predicted octanol–water partition coefficient (Wildman–Crippen LogP) is 3.14. The van der Waals surface area contributed by atoms with E-state index in [2.05, 4.69) is 0 Å². The average Bonchev–Trinajstić information content (AvgIpc) is 2.61. The average molecular weight is 381 g/mol. The highest BCUT2D eigenvalue weighted by Crippen LogP contribution is 2.21. The number of hydrogen-bond donors (Lipinski definition) is 1. The normalized spacial score (nSPS) is 14.1. The summed E-state index contributed by atoms with van der Waals surface area (Å²) >= 11 is 0. The number of rotatable bonds is 6. The van der Waals surface area contributed by atoms with E-state index in [4.69, 9.17) is 5.73 Å². The molecule has 0 saturated heterocycles. The highest BCUT2D eigenvalue weighted by molar-refractivity contribution is 7.84. The maximum atomic E-state index is 12.6. The number of hydrogen-bond acceptors (Lipinski definition) is 3. The molecule has 3 unspecified atom stereocenters. The van der Waals surface area contributed by atoms with Crippen molar-refractivity contribution in [1.82, 2.24) is 4.90 Å². The number of benzene rings is 2. The fourth-order valence-electron chi connectivity index (χ4n) is 2.60. The number of carbonyl (C=O) groups is 1. The molecule has 3 atom stereocenters. The van der Waals surface area contributed by atoms with Crippen molar-refractivity contribution < 1.29 is 9.00 Å². The Morgan fingerprint density at radius 1 is 1.12 bits per heavy atom. The van der Waals surface area contributed by atoms with E-state index in [-0.39, 0.29) is 30.3 Å². The molecule has 0 heterocycles. The van der Waals surface area contributed by atoms with Crippen LogP contribution in [0, 0.1) is 5.92 Å². The number of halogens is 1. The Morgan fingerprint density at radius 2 is 1.68 bits per heavy atom. The standard InChI is InChI=1S/C19H24N2O2S.ClH/c1-14(18(20)16-7-5-4-6-8-16)19(22)21(2)13-15-9-11-17(12-10-15)24(3)23;/h4-12,14,18H,13,20H2,1-3H3;1H. The quantitative estimate of drug-likeness (QED) is 0.837. The monoisotopic (exact) mass is 380 g/mol. The smallest absolute Gasteiger partial charge is 0.227 e. The largest absolute Gasteiger partial charge is 0.341 e. The summed E-state index contributed by atoms with van der Waals surface area (Å²) in [4.78, 5) is 15.1. The molecule has 0 radical (unpaired) electrons. The highest BCUT2D eigenvalue weighted by Gasteiger charge is 2.24. The van der Waals surface area contributed by atoms with E-state index in [1.807, 2.05) is 61.5 Å². The summed E-state index contributed by atoms with van der Waals surface area (Å²) in [5.74, 6) is -0.297. The molecule has 0 saturated carbocycles. The summed E-state index contributed by atoms with van der Waals surface area (Å²) in [6, 6.07) is 16.8. The number of amides is 1. The molecule has 0 aliphatic carbocycles. The second-order valence-electron chi connectivity index (χ2n) is 6.02. The van der Waals surface area contributed by atoms with E-state index in [0.717, 1.165) is 16.0 Å². The third-order valence-electron chi connectivity index (χ3n) is 4.16. The number of nitrogens with zero attached hydrogens (tertiary/aromatic N) is 1. The molecule has 1 amide bonds. The van der Waals surface area contributed by atoms with E-state index in [0.29, 0.717) is 6.54 Å². The van der Waals surface area contributed by atoms with Crippen LogP contribution in [0.1, 0.15) is 24.1 Å². The molecule has 2 rings (SSSR count). The van der Waals surface area contributed by atoms with Gasteiger partial charge in [0.2, 0.25) is 5.91 Å². The van der Waals surface area contributed by atoms with E-state index in [1.54, 1.807) is 18.2 Å². The molecule has 0 bridgehead atoms. The molecular weight excluding hydrogens is 356 g/mol. The molecule has 0 aliphatic heterocycles. The van der Waals surface area contributed by atoms with Crippen molar-refractivity contribution in [1.29, 1.82) is 0 Å². The van der Waals surface area contributed by atoms with Crippen LogP contribution in [0.2, 0.25) is 0 Å². The summed E-state index contributed by atoms with van der Waals surface area (Å²) in [6.07, 6.45) is 1.65. The Bertz CT molecular complexity index is 707. The molecule has 2 N–H and O–H groups in total. The molecule has 0 aromatic heterocycles. The zero-order valence-electron chi connectivity index (χ0n) is 14.7. The van der Waals surface area contributed by atoms with Crippen LogP contribution in [0.15, 0.2) is 59.5 Å². The van der Waals surface area contributed by atoms with Gasteiger partial charge in [-0.05, 0) is 23.3 Å². The van der Waals surface area contributed by atoms with Crippen LogP contribution in [-0.4, -0.2) is 28.3 Å². The lowest BCUT2D eigenvalue weighted by molar-refractivity contribution is -0.134. The fourth-order valence-corrected chi connectivity index (χ4v) is 3.12. The van der Waals surface area contributed by atoms with Gasteiger partial charge < -0.3 is 10.6 Å². The van der Waals surface area contributed by atoms with Crippen LogP contribution in [0.25, 0.3) is 0 Å². The van der Waals surface area contributed by atoms with Crippen molar-refractivity contribution >= 4 is 29.1 Å². The van der Waals surface area contributed by atoms with Gasteiger partial charge in [-0.1, -0.05) is 49.4 Å². The van der Waals surface area contributed by atoms with Gasteiger partial charge in [-0.2, -0.15) is 0 Å². The first-order chi connectivity index (χ1) is 11.4. The van der Waals surface area contributed by atoms with Crippen molar-refractivity contribution in [2.45, 2.75) is 24.4 Å². The van der Waals surface area contributed by atoms with Gasteiger partial charge in [0.15, 0.2) is 0 Å². The third kappa shape index (κ3) is 5.66. The van der Waals surface area contributed by atoms with Crippen molar-refractivity contribution in [2.75, 3.05) is 13.3 Å². The summed E-state index contributed by atoms with van der Waals surface area (Å²) in [7, 11) is 0.790. The maximum absolute atomic E-state index is 12.6. The third-order valence-corrected chi connectivity index (χ3v) is 5.10. The van der Waals surface area contributed by atoms with Crippen LogP contribution < -0.4 is 5.73 Å². The Labute approximate surface area is 158 Å². The van der Waals surface area contributed by atoms with Crippen LogP contribution in [0.5, 0.6) is 0 Å². The molecule has 2 aromatic carbocycles.